The van der Waals surface area contributed by atoms with Gasteiger partial charge in [-0.2, -0.15) is 0 Å². The van der Waals surface area contributed by atoms with E-state index in [9.17, 15) is 0 Å². The van der Waals surface area contributed by atoms with Crippen LogP contribution in [0.5, 0.6) is 0 Å². The summed E-state index contributed by atoms with van der Waals surface area (Å²) in [6.07, 6.45) is 2.77. The lowest BCUT2D eigenvalue weighted by atomic mass is 10.3. The molecule has 15 heavy (non-hydrogen) atoms. The van der Waals surface area contributed by atoms with Gasteiger partial charge < -0.3 is 0 Å². The van der Waals surface area contributed by atoms with Gasteiger partial charge in [0.05, 0.1) is 12.2 Å². The van der Waals surface area contributed by atoms with Crippen LogP contribution in [-0.2, 0) is 13.0 Å². The maximum Gasteiger partial charge on any atom is 0.129 e. The molecule has 0 amide bonds. The molecule has 2 heterocycles. The van der Waals surface area contributed by atoms with Gasteiger partial charge in [-0.15, -0.1) is 5.10 Å². The molecule has 0 aromatic carbocycles. The lowest BCUT2D eigenvalue weighted by Gasteiger charge is -1.94. The highest BCUT2D eigenvalue weighted by Gasteiger charge is 2.07. The predicted molar refractivity (Wildman–Crippen MR) is 55.7 cm³/mol. The van der Waals surface area contributed by atoms with Gasteiger partial charge in [0, 0.05) is 17.9 Å². The summed E-state index contributed by atoms with van der Waals surface area (Å²) in [5.41, 5.74) is 2.53. The number of nitrogens with zero attached hydrogens (tertiary/aromatic N) is 5. The summed E-state index contributed by atoms with van der Waals surface area (Å²) >= 11 is 3.35. The van der Waals surface area contributed by atoms with Crippen LogP contribution in [0.2, 0.25) is 0 Å². The smallest absolute Gasteiger partial charge is 0.129 e. The molecule has 7 heteroatoms. The molecule has 0 fully saturated rings. The van der Waals surface area contributed by atoms with Crippen molar-refractivity contribution in [3.8, 4) is 0 Å². The first-order chi connectivity index (χ1) is 7.29. The maximum atomic E-state index is 4.60. The summed E-state index contributed by atoms with van der Waals surface area (Å²) in [5.74, 6) is 0. The van der Waals surface area contributed by atoms with Gasteiger partial charge in [-0.25, -0.2) is 9.31 Å². The van der Waals surface area contributed by atoms with E-state index in [-0.39, 0.29) is 0 Å². The predicted octanol–water partition coefficient (Wildman–Crippen LogP) is 0.955. The topological polar surface area (TPSA) is 69.6 Å². The number of halogens is 1. The van der Waals surface area contributed by atoms with Crippen LogP contribution in [0.15, 0.2) is 10.8 Å². The van der Waals surface area contributed by atoms with Crippen LogP contribution < -0.4 is 0 Å². The van der Waals surface area contributed by atoms with E-state index in [1.54, 1.807) is 4.68 Å². The summed E-state index contributed by atoms with van der Waals surface area (Å²) in [4.78, 5) is 0. The van der Waals surface area contributed by atoms with Gasteiger partial charge in [0.25, 0.3) is 0 Å². The van der Waals surface area contributed by atoms with Crippen molar-refractivity contribution in [2.75, 3.05) is 5.33 Å². The molecule has 0 aliphatic carbocycles. The molecule has 0 atom stereocenters. The Hall–Kier alpha value is -1.24. The minimum Gasteiger partial charge on any atom is -0.246 e. The van der Waals surface area contributed by atoms with E-state index in [0.717, 1.165) is 28.8 Å². The lowest BCUT2D eigenvalue weighted by Crippen LogP contribution is -2.02. The third-order valence-corrected chi connectivity index (χ3v) is 2.39. The molecule has 0 saturated heterocycles. The Kier molecular flexibility index (Phi) is 3.10. The summed E-state index contributed by atoms with van der Waals surface area (Å²) < 4.78 is 6.33. The minimum absolute atomic E-state index is 0.546. The molecule has 2 rings (SSSR count). The molecule has 0 aliphatic heterocycles. The minimum atomic E-state index is 0.546. The van der Waals surface area contributed by atoms with Crippen molar-refractivity contribution in [1.29, 1.82) is 0 Å². The first kappa shape index (κ1) is 10.3. The average Bonchev–Trinajstić information content (AvgIpc) is 2.79. The molecule has 0 saturated carbocycles. The molecule has 0 bridgehead atoms. The standard InChI is InChI=1S/C8H10BrN5O/c1-6-8(12-15-11-6)5-14-4-7(2-3-9)10-13-14/h4H,2-3,5H2,1H3. The second-order valence-corrected chi connectivity index (χ2v) is 3.94. The summed E-state index contributed by atoms with van der Waals surface area (Å²) in [5, 5.41) is 16.4. The number of aryl methyl sites for hydroxylation is 2. The van der Waals surface area contributed by atoms with Gasteiger partial charge in [-0.1, -0.05) is 31.5 Å². The maximum absolute atomic E-state index is 4.60. The highest BCUT2D eigenvalue weighted by atomic mass is 79.9. The fourth-order valence-electron chi connectivity index (χ4n) is 1.17. The Balaban J connectivity index is 2.08. The first-order valence-corrected chi connectivity index (χ1v) is 5.64. The molecule has 2 aromatic heterocycles. The molecule has 80 valence electrons. The highest BCUT2D eigenvalue weighted by Crippen LogP contribution is 2.04. The zero-order valence-corrected chi connectivity index (χ0v) is 9.81. The number of alkyl halides is 1. The van der Waals surface area contributed by atoms with Crippen molar-refractivity contribution in [3.63, 3.8) is 0 Å². The monoisotopic (exact) mass is 271 g/mol. The van der Waals surface area contributed by atoms with Crippen LogP contribution >= 0.6 is 15.9 Å². The van der Waals surface area contributed by atoms with Gasteiger partial charge in [-0.05, 0) is 6.92 Å². The van der Waals surface area contributed by atoms with Gasteiger partial charge in [0.2, 0.25) is 0 Å². The van der Waals surface area contributed by atoms with E-state index < -0.39 is 0 Å². The Bertz CT molecular complexity index is 438. The molecular weight excluding hydrogens is 262 g/mol. The Morgan fingerprint density at radius 3 is 3.00 bits per heavy atom. The number of rotatable bonds is 4. The summed E-state index contributed by atoms with van der Waals surface area (Å²) in [7, 11) is 0. The largest absolute Gasteiger partial charge is 0.246 e. The van der Waals surface area contributed by atoms with Crippen LogP contribution in [0.4, 0.5) is 0 Å². The number of hydrogen-bond donors (Lipinski definition) is 0. The Labute approximate surface area is 94.7 Å². The van der Waals surface area contributed by atoms with Gasteiger partial charge in [0.15, 0.2) is 0 Å². The van der Waals surface area contributed by atoms with Crippen LogP contribution in [0.3, 0.4) is 0 Å². The quantitative estimate of drug-likeness (QED) is 0.775. The highest BCUT2D eigenvalue weighted by molar-refractivity contribution is 9.09. The molecule has 0 aliphatic rings. The molecular formula is C8H10BrN5O. The third kappa shape index (κ3) is 2.41. The van der Waals surface area contributed by atoms with Crippen molar-refractivity contribution >= 4 is 15.9 Å². The molecule has 2 aromatic rings. The fraction of sp³-hybridized carbons (Fsp3) is 0.500. The van der Waals surface area contributed by atoms with Crippen molar-refractivity contribution in [2.45, 2.75) is 19.9 Å². The van der Waals surface area contributed by atoms with E-state index in [1.807, 2.05) is 13.1 Å². The normalized spacial score (nSPS) is 10.8. The molecule has 0 radical (unpaired) electrons. The second kappa shape index (κ2) is 4.52. The van der Waals surface area contributed by atoms with Crippen LogP contribution in [0, 0.1) is 6.92 Å². The fourth-order valence-corrected chi connectivity index (χ4v) is 1.58. The number of aromatic nitrogens is 5. The van der Waals surface area contributed by atoms with E-state index in [1.165, 1.54) is 0 Å². The number of hydrogen-bond acceptors (Lipinski definition) is 5. The van der Waals surface area contributed by atoms with E-state index in [2.05, 4.69) is 41.2 Å². The van der Waals surface area contributed by atoms with Gasteiger partial charge >= 0.3 is 0 Å². The van der Waals surface area contributed by atoms with Crippen LogP contribution in [-0.4, -0.2) is 30.6 Å². The van der Waals surface area contributed by atoms with Crippen molar-refractivity contribution < 1.29 is 4.63 Å². The molecule has 0 spiro atoms. The van der Waals surface area contributed by atoms with Crippen molar-refractivity contribution in [1.82, 2.24) is 25.3 Å². The molecule has 6 nitrogen and oxygen atoms in total. The second-order valence-electron chi connectivity index (χ2n) is 3.14. The summed E-state index contributed by atoms with van der Waals surface area (Å²) in [6, 6.07) is 0. The molecule has 0 N–H and O–H groups in total. The Morgan fingerprint density at radius 2 is 2.33 bits per heavy atom. The van der Waals surface area contributed by atoms with E-state index in [0.29, 0.717) is 6.54 Å². The van der Waals surface area contributed by atoms with Crippen LogP contribution in [0.25, 0.3) is 0 Å². The van der Waals surface area contributed by atoms with Crippen LogP contribution in [0.1, 0.15) is 17.1 Å². The average molecular weight is 272 g/mol. The zero-order chi connectivity index (χ0) is 10.7. The van der Waals surface area contributed by atoms with Gasteiger partial charge in [-0.3, -0.25) is 0 Å². The lowest BCUT2D eigenvalue weighted by molar-refractivity contribution is 0.300. The summed E-state index contributed by atoms with van der Waals surface area (Å²) in [6.45, 7) is 2.40. The van der Waals surface area contributed by atoms with Crippen molar-refractivity contribution in [2.24, 2.45) is 0 Å². The van der Waals surface area contributed by atoms with Gasteiger partial charge in [0.1, 0.15) is 11.4 Å². The Morgan fingerprint density at radius 1 is 1.47 bits per heavy atom. The third-order valence-electron chi connectivity index (χ3n) is 1.99. The van der Waals surface area contributed by atoms with Crippen molar-refractivity contribution in [3.05, 3.63) is 23.3 Å². The molecule has 0 unspecified atom stereocenters. The zero-order valence-electron chi connectivity index (χ0n) is 8.22. The van der Waals surface area contributed by atoms with E-state index in [4.69, 9.17) is 0 Å². The van der Waals surface area contributed by atoms with E-state index >= 15 is 0 Å². The SMILES string of the molecule is Cc1nonc1Cn1cc(CCBr)nn1. The first-order valence-electron chi connectivity index (χ1n) is 4.52.